The molecule has 0 saturated heterocycles. The van der Waals surface area contributed by atoms with Gasteiger partial charge in [-0.3, -0.25) is 4.57 Å². The highest BCUT2D eigenvalue weighted by molar-refractivity contribution is 7.57. The third-order valence-electron chi connectivity index (χ3n) is 1.95. The minimum Gasteiger partial charge on any atom is -0.344 e. The van der Waals surface area contributed by atoms with Gasteiger partial charge in [-0.1, -0.05) is 23.7 Å². The van der Waals surface area contributed by atoms with Crippen molar-refractivity contribution in [1.82, 2.24) is 0 Å². The minimum atomic E-state index is -4.77. The van der Waals surface area contributed by atoms with Gasteiger partial charge in [0.05, 0.1) is 0 Å². The van der Waals surface area contributed by atoms with Gasteiger partial charge in [-0.25, -0.2) is 0 Å². The molecule has 1 unspecified atom stereocenters. The molecule has 1 N–H and O–H groups in total. The van der Waals surface area contributed by atoms with Crippen LogP contribution in [-0.2, 0) is 4.57 Å². The Balaban J connectivity index is 3.29. The van der Waals surface area contributed by atoms with E-state index in [1.807, 2.05) is 0 Å². The van der Waals surface area contributed by atoms with E-state index in [-0.39, 0.29) is 10.6 Å². The summed E-state index contributed by atoms with van der Waals surface area (Å²) in [5.74, 6) is 0. The summed E-state index contributed by atoms with van der Waals surface area (Å²) in [5, 5.41) is 0.0974. The van der Waals surface area contributed by atoms with Crippen molar-refractivity contribution in [3.8, 4) is 0 Å². The Morgan fingerprint density at radius 1 is 1.44 bits per heavy atom. The molecule has 16 heavy (non-hydrogen) atoms. The van der Waals surface area contributed by atoms with E-state index in [2.05, 4.69) is 0 Å². The molecule has 0 fully saturated rings. The number of hydrogen-bond acceptors (Lipinski definition) is 1. The van der Waals surface area contributed by atoms with Crippen molar-refractivity contribution >= 4 is 19.0 Å². The molecule has 0 radical (unpaired) electrons. The second-order valence-corrected chi connectivity index (χ2v) is 6.28. The van der Waals surface area contributed by atoms with Gasteiger partial charge in [-0.05, 0) is 17.7 Å². The molecule has 0 heterocycles. The lowest BCUT2D eigenvalue weighted by molar-refractivity contribution is -0.133. The average Bonchev–Trinajstić information content (AvgIpc) is 1.97. The fourth-order valence-electron chi connectivity index (χ4n) is 1.41. The van der Waals surface area contributed by atoms with Gasteiger partial charge in [-0.15, -0.1) is 0 Å². The maximum absolute atomic E-state index is 12.7. The van der Waals surface area contributed by atoms with Crippen LogP contribution in [0, 0.1) is 0 Å². The zero-order chi connectivity index (χ0) is 12.6. The molecule has 0 amide bonds. The molecular formula is C9H9ClF3O2P. The molecule has 0 aliphatic rings. The fraction of sp³-hybridized carbons (Fsp3) is 0.333. The summed E-state index contributed by atoms with van der Waals surface area (Å²) in [4.78, 5) is 9.15. The maximum Gasteiger partial charge on any atom is 0.404 e. The Kier molecular flexibility index (Phi) is 3.72. The quantitative estimate of drug-likeness (QED) is 0.831. The Hall–Kier alpha value is -0.510. The van der Waals surface area contributed by atoms with E-state index < -0.39 is 19.2 Å². The molecule has 2 nitrogen and oxygen atoms in total. The minimum absolute atomic E-state index is 0.0974. The van der Waals surface area contributed by atoms with Gasteiger partial charge in [0, 0.05) is 11.7 Å². The first-order valence-electron chi connectivity index (χ1n) is 4.24. The molecule has 1 aromatic carbocycles. The lowest BCUT2D eigenvalue weighted by Crippen LogP contribution is -2.20. The summed E-state index contributed by atoms with van der Waals surface area (Å²) in [6.45, 7) is 0.687. The summed E-state index contributed by atoms with van der Waals surface area (Å²) in [7, 11) is -4.32. The van der Waals surface area contributed by atoms with Gasteiger partial charge >= 0.3 is 6.18 Å². The molecule has 1 aromatic rings. The summed E-state index contributed by atoms with van der Waals surface area (Å²) in [6, 6.07) is 4.89. The molecule has 7 heteroatoms. The molecule has 0 spiro atoms. The first kappa shape index (κ1) is 13.6. The van der Waals surface area contributed by atoms with Gasteiger partial charge in [0.1, 0.15) is 0 Å². The van der Waals surface area contributed by atoms with Gasteiger partial charge in [0.2, 0.25) is 7.37 Å². The van der Waals surface area contributed by atoms with Crippen molar-refractivity contribution in [2.24, 2.45) is 0 Å². The van der Waals surface area contributed by atoms with E-state index in [0.717, 1.165) is 12.1 Å². The van der Waals surface area contributed by atoms with Crippen LogP contribution in [0.25, 0.3) is 0 Å². The predicted octanol–water partition coefficient (Wildman–Crippen LogP) is 3.84. The third kappa shape index (κ3) is 3.24. The molecule has 0 aromatic heterocycles. The van der Waals surface area contributed by atoms with Crippen molar-refractivity contribution in [3.05, 3.63) is 34.9 Å². The molecule has 0 bridgehead atoms. The predicted molar refractivity (Wildman–Crippen MR) is 56.0 cm³/mol. The van der Waals surface area contributed by atoms with E-state index in [0.29, 0.717) is 6.66 Å². The highest BCUT2D eigenvalue weighted by atomic mass is 35.5. The second-order valence-electron chi connectivity index (χ2n) is 3.44. The first-order chi connectivity index (χ1) is 7.12. The van der Waals surface area contributed by atoms with Crippen molar-refractivity contribution < 1.29 is 22.6 Å². The zero-order valence-electron chi connectivity index (χ0n) is 8.20. The SMILES string of the molecule is CP(=O)(O)[C@@H](c1cccc(Cl)c1)C(F)(F)F. The van der Waals surface area contributed by atoms with Crippen LogP contribution in [0.15, 0.2) is 24.3 Å². The van der Waals surface area contributed by atoms with Crippen LogP contribution in [0.5, 0.6) is 0 Å². The van der Waals surface area contributed by atoms with Crippen molar-refractivity contribution in [2.75, 3.05) is 6.66 Å². The van der Waals surface area contributed by atoms with E-state index >= 15 is 0 Å². The Bertz CT molecular complexity index is 427. The first-order valence-corrected chi connectivity index (χ1v) is 6.80. The van der Waals surface area contributed by atoms with Crippen LogP contribution in [-0.4, -0.2) is 17.7 Å². The van der Waals surface area contributed by atoms with Crippen LogP contribution in [0.1, 0.15) is 11.2 Å². The summed E-state index contributed by atoms with van der Waals surface area (Å²) < 4.78 is 49.2. The van der Waals surface area contributed by atoms with Crippen molar-refractivity contribution in [3.63, 3.8) is 0 Å². The standard InChI is InChI=1S/C9H9ClF3O2P/c1-16(14,15)8(9(11,12)13)6-3-2-4-7(10)5-6/h2-5,8H,1H3,(H,14,15)/t8-/m0/s1. The van der Waals surface area contributed by atoms with Gasteiger partial charge in [0.25, 0.3) is 0 Å². The molecule has 0 aliphatic heterocycles. The van der Waals surface area contributed by atoms with Gasteiger partial charge in [-0.2, -0.15) is 13.2 Å². The van der Waals surface area contributed by atoms with Crippen LogP contribution in [0.3, 0.4) is 0 Å². The lowest BCUT2D eigenvalue weighted by Gasteiger charge is -2.23. The third-order valence-corrected chi connectivity index (χ3v) is 3.74. The van der Waals surface area contributed by atoms with E-state index in [1.165, 1.54) is 12.1 Å². The molecule has 90 valence electrons. The average molecular weight is 273 g/mol. The molecular weight excluding hydrogens is 264 g/mol. The number of alkyl halides is 3. The molecule has 0 aliphatic carbocycles. The number of halogens is 4. The number of hydrogen-bond donors (Lipinski definition) is 1. The van der Waals surface area contributed by atoms with Gasteiger partial charge < -0.3 is 4.89 Å². The zero-order valence-corrected chi connectivity index (χ0v) is 9.85. The highest BCUT2D eigenvalue weighted by Gasteiger charge is 2.49. The molecule has 1 rings (SSSR count). The lowest BCUT2D eigenvalue weighted by atomic mass is 10.1. The molecule has 0 saturated carbocycles. The van der Waals surface area contributed by atoms with Crippen LogP contribution in [0.4, 0.5) is 13.2 Å². The maximum atomic E-state index is 12.7. The topological polar surface area (TPSA) is 37.3 Å². The largest absolute Gasteiger partial charge is 0.404 e. The number of rotatable bonds is 2. The van der Waals surface area contributed by atoms with Crippen LogP contribution >= 0.6 is 19.0 Å². The highest BCUT2D eigenvalue weighted by Crippen LogP contribution is 2.59. The van der Waals surface area contributed by atoms with Crippen molar-refractivity contribution in [1.29, 1.82) is 0 Å². The normalized spacial score (nSPS) is 17.9. The Labute approximate surface area is 95.5 Å². The molecule has 2 atom stereocenters. The number of benzene rings is 1. The Morgan fingerprint density at radius 2 is 2.00 bits per heavy atom. The van der Waals surface area contributed by atoms with E-state index in [1.54, 1.807) is 0 Å². The summed E-state index contributed by atoms with van der Waals surface area (Å²) in [5.41, 5.74) is -2.69. The smallest absolute Gasteiger partial charge is 0.344 e. The monoisotopic (exact) mass is 272 g/mol. The Morgan fingerprint density at radius 3 is 2.38 bits per heavy atom. The second kappa shape index (κ2) is 4.40. The summed E-state index contributed by atoms with van der Waals surface area (Å²) >= 11 is 5.55. The van der Waals surface area contributed by atoms with Crippen LogP contribution < -0.4 is 0 Å². The fourth-order valence-corrected chi connectivity index (χ4v) is 2.87. The van der Waals surface area contributed by atoms with Crippen molar-refractivity contribution in [2.45, 2.75) is 11.8 Å². The van der Waals surface area contributed by atoms with Gasteiger partial charge in [0.15, 0.2) is 5.66 Å². The van der Waals surface area contributed by atoms with E-state index in [9.17, 15) is 17.7 Å². The van der Waals surface area contributed by atoms with E-state index in [4.69, 9.17) is 16.5 Å². The van der Waals surface area contributed by atoms with Crippen LogP contribution in [0.2, 0.25) is 5.02 Å². The summed E-state index contributed by atoms with van der Waals surface area (Å²) in [6.07, 6.45) is -4.77.